The smallest absolute Gasteiger partial charge is 0.203 e. The number of aliphatic hydroxyl groups excluding tert-OH is 3. The zero-order chi connectivity index (χ0) is 32.7. The maximum absolute atomic E-state index is 14.5. The molecule has 1 unspecified atom stereocenters. The average molecular weight is 603 g/mol. The molecule has 0 saturated heterocycles. The summed E-state index contributed by atoms with van der Waals surface area (Å²) < 4.78 is 0. The number of aromatic hydroxyl groups is 1. The van der Waals surface area contributed by atoms with E-state index in [-0.39, 0.29) is 29.9 Å². The Hall–Kier alpha value is -4.08. The zero-order valence-corrected chi connectivity index (χ0v) is 25.6. The van der Waals surface area contributed by atoms with E-state index in [1.54, 1.807) is 70.2 Å². The third-order valence-corrected chi connectivity index (χ3v) is 10.6. The fraction of sp³-hybridized carbons (Fsp3) is 0.429. The first kappa shape index (κ1) is 31.3. The number of allylic oxidation sites excluding steroid dienone is 1. The highest BCUT2D eigenvalue weighted by Crippen LogP contribution is 2.67. The van der Waals surface area contributed by atoms with E-state index in [0.717, 1.165) is 6.92 Å². The summed E-state index contributed by atoms with van der Waals surface area (Å²) >= 11 is 0. The molecule has 1 fully saturated rings. The lowest BCUT2D eigenvalue weighted by atomic mass is 9.40. The van der Waals surface area contributed by atoms with Crippen LogP contribution >= 0.6 is 0 Å². The van der Waals surface area contributed by atoms with Gasteiger partial charge in [0.25, 0.3) is 0 Å². The van der Waals surface area contributed by atoms with E-state index in [0.29, 0.717) is 16.7 Å². The number of carbonyl (C=O) groups is 4. The summed E-state index contributed by atoms with van der Waals surface area (Å²) in [4.78, 5) is 53.5. The number of carbonyl (C=O) groups excluding carboxylic acids is 4. The van der Waals surface area contributed by atoms with Crippen LogP contribution < -0.4 is 0 Å². The van der Waals surface area contributed by atoms with Gasteiger partial charge in [-0.25, -0.2) is 0 Å². The van der Waals surface area contributed by atoms with Crippen molar-refractivity contribution in [3.63, 3.8) is 0 Å². The Balaban J connectivity index is 1.71. The number of benzene rings is 2. The van der Waals surface area contributed by atoms with E-state index in [1.165, 1.54) is 6.92 Å². The summed E-state index contributed by atoms with van der Waals surface area (Å²) in [6.45, 7) is 8.98. The summed E-state index contributed by atoms with van der Waals surface area (Å²) in [5, 5.41) is 58.9. The fourth-order valence-electron chi connectivity index (χ4n) is 8.19. The largest absolute Gasteiger partial charge is 0.508 e. The third-order valence-electron chi connectivity index (χ3n) is 10.6. The lowest BCUT2D eigenvalue weighted by Crippen LogP contribution is -2.75. The normalized spacial score (nSPS) is 31.5. The van der Waals surface area contributed by atoms with E-state index in [1.807, 2.05) is 0 Å². The fourth-order valence-corrected chi connectivity index (χ4v) is 8.19. The summed E-state index contributed by atoms with van der Waals surface area (Å²) in [5.74, 6) is -7.69. The molecular formula is C35H38O9. The van der Waals surface area contributed by atoms with Gasteiger partial charge in [-0.2, -0.15) is 0 Å². The average Bonchev–Trinajstić information content (AvgIpc) is 2.96. The molecule has 0 spiro atoms. The number of hydrogen-bond donors (Lipinski definition) is 5. The highest BCUT2D eigenvalue weighted by molar-refractivity contribution is 6.24. The number of phenolic OH excluding ortho intramolecular Hbond substituents is 1. The van der Waals surface area contributed by atoms with Crippen LogP contribution in [-0.4, -0.2) is 60.4 Å². The van der Waals surface area contributed by atoms with Crippen LogP contribution in [0.3, 0.4) is 0 Å². The monoisotopic (exact) mass is 602 g/mol. The first-order valence-electron chi connectivity index (χ1n) is 14.8. The molecule has 44 heavy (non-hydrogen) atoms. The Morgan fingerprint density at radius 3 is 2.16 bits per heavy atom. The van der Waals surface area contributed by atoms with Crippen molar-refractivity contribution >= 4 is 28.9 Å². The standard InChI is InChI=1S/C35H38O9/c1-16(2)25-28(39)23(18(4)36)30(41)35(44)31(42)26-29(40)24-21(17(3)33(26,5)32(43)34(25,35)6)14-12-20(27(24)38)13-15-22(37)19-10-8-7-9-11-19/h7-12,14,16-17,25,32,38,40-41,43-44H,13,15H2,1-6H3/t17-,25?,32-,33+,34+,35+/m1/s1. The zero-order valence-electron chi connectivity index (χ0n) is 25.6. The molecular weight excluding hydrogens is 564 g/mol. The summed E-state index contributed by atoms with van der Waals surface area (Å²) in [5.41, 5.74) is -6.48. The molecule has 0 radical (unpaired) electrons. The van der Waals surface area contributed by atoms with E-state index in [2.05, 4.69) is 0 Å². The molecule has 1 saturated carbocycles. The highest BCUT2D eigenvalue weighted by Gasteiger charge is 2.77. The molecule has 5 N–H and O–H groups in total. The lowest BCUT2D eigenvalue weighted by molar-refractivity contribution is -0.215. The van der Waals surface area contributed by atoms with Gasteiger partial charge >= 0.3 is 0 Å². The molecule has 0 bridgehead atoms. The maximum atomic E-state index is 14.5. The summed E-state index contributed by atoms with van der Waals surface area (Å²) in [6.07, 6.45) is -1.49. The molecule has 232 valence electrons. The molecule has 0 heterocycles. The van der Waals surface area contributed by atoms with Crippen molar-refractivity contribution in [3.8, 4) is 5.75 Å². The molecule has 5 rings (SSSR count). The summed E-state index contributed by atoms with van der Waals surface area (Å²) in [6, 6.07) is 12.0. The van der Waals surface area contributed by atoms with E-state index < -0.39 is 80.3 Å². The second kappa shape index (κ2) is 10.2. The van der Waals surface area contributed by atoms with Crippen molar-refractivity contribution in [2.75, 3.05) is 0 Å². The number of rotatable bonds is 6. The highest BCUT2D eigenvalue weighted by atomic mass is 16.4. The number of Topliss-reactive ketones (excluding diaryl/α,β-unsaturated/α-hetero) is 4. The van der Waals surface area contributed by atoms with Crippen LogP contribution in [0.5, 0.6) is 5.75 Å². The van der Waals surface area contributed by atoms with E-state index in [9.17, 15) is 44.7 Å². The Morgan fingerprint density at radius 1 is 0.977 bits per heavy atom. The first-order valence-corrected chi connectivity index (χ1v) is 14.8. The van der Waals surface area contributed by atoms with Crippen LogP contribution in [0.25, 0.3) is 5.76 Å². The molecule has 9 heteroatoms. The van der Waals surface area contributed by atoms with Gasteiger partial charge < -0.3 is 25.5 Å². The van der Waals surface area contributed by atoms with Gasteiger partial charge in [-0.15, -0.1) is 0 Å². The number of phenols is 1. The van der Waals surface area contributed by atoms with Crippen LogP contribution in [0, 0.1) is 22.7 Å². The van der Waals surface area contributed by atoms with Gasteiger partial charge in [0.05, 0.1) is 17.2 Å². The second-order valence-electron chi connectivity index (χ2n) is 13.1. The summed E-state index contributed by atoms with van der Waals surface area (Å²) in [7, 11) is 0. The molecule has 3 aliphatic carbocycles. The number of ketones is 4. The molecule has 6 atom stereocenters. The molecule has 2 aromatic carbocycles. The van der Waals surface area contributed by atoms with Gasteiger partial charge in [-0.1, -0.05) is 77.1 Å². The minimum absolute atomic E-state index is 0.0633. The SMILES string of the molecule is CC(=O)C1=C(O)[C@]2(O)C(=O)C3=C(O)c4c(ccc(CCC(=O)c5ccccc5)c4O)[C@@H](C)[C@]3(C)[C@@H](O)[C@]2(C)C(C(C)C)C1=O. The Morgan fingerprint density at radius 2 is 1.59 bits per heavy atom. The topological polar surface area (TPSA) is 169 Å². The minimum atomic E-state index is -2.94. The quantitative estimate of drug-likeness (QED) is 0.235. The molecule has 2 aromatic rings. The van der Waals surface area contributed by atoms with Gasteiger partial charge in [-0.3, -0.25) is 19.2 Å². The van der Waals surface area contributed by atoms with Gasteiger partial charge in [0.2, 0.25) is 5.78 Å². The second-order valence-corrected chi connectivity index (χ2v) is 13.1. The van der Waals surface area contributed by atoms with Crippen LogP contribution in [0.4, 0.5) is 0 Å². The van der Waals surface area contributed by atoms with Crippen LogP contribution in [0.2, 0.25) is 0 Å². The predicted octanol–water partition coefficient (Wildman–Crippen LogP) is 4.54. The van der Waals surface area contributed by atoms with E-state index in [4.69, 9.17) is 0 Å². The molecule has 3 aliphatic rings. The Labute approximate surface area is 255 Å². The maximum Gasteiger partial charge on any atom is 0.203 e. The van der Waals surface area contributed by atoms with Crippen molar-refractivity contribution in [2.45, 2.75) is 72.0 Å². The van der Waals surface area contributed by atoms with Crippen molar-refractivity contribution in [2.24, 2.45) is 22.7 Å². The predicted molar refractivity (Wildman–Crippen MR) is 161 cm³/mol. The third kappa shape index (κ3) is 3.78. The number of aryl methyl sites for hydroxylation is 1. The van der Waals surface area contributed by atoms with Gasteiger partial charge in [-0.05, 0) is 36.3 Å². The van der Waals surface area contributed by atoms with Crippen molar-refractivity contribution in [3.05, 3.63) is 81.6 Å². The molecule has 0 aromatic heterocycles. The van der Waals surface area contributed by atoms with Crippen molar-refractivity contribution in [1.29, 1.82) is 0 Å². The lowest BCUT2D eigenvalue weighted by Gasteiger charge is -2.63. The van der Waals surface area contributed by atoms with Gasteiger partial charge in [0.1, 0.15) is 22.8 Å². The van der Waals surface area contributed by atoms with E-state index >= 15 is 0 Å². The number of fused-ring (bicyclic) bond motifs is 3. The Kier molecular flexibility index (Phi) is 7.30. The number of aliphatic hydroxyl groups is 4. The van der Waals surface area contributed by atoms with Crippen molar-refractivity contribution < 1.29 is 44.7 Å². The molecule has 9 nitrogen and oxygen atoms in total. The molecule has 0 aliphatic heterocycles. The first-order chi connectivity index (χ1) is 20.5. The van der Waals surface area contributed by atoms with Gasteiger partial charge in [0.15, 0.2) is 23.0 Å². The van der Waals surface area contributed by atoms with Crippen molar-refractivity contribution in [1.82, 2.24) is 0 Å². The van der Waals surface area contributed by atoms with Crippen LogP contribution in [0.1, 0.15) is 80.9 Å². The van der Waals surface area contributed by atoms with Crippen LogP contribution in [-0.2, 0) is 20.8 Å². The minimum Gasteiger partial charge on any atom is -0.508 e. The number of hydrogen-bond acceptors (Lipinski definition) is 9. The Bertz CT molecular complexity index is 1680. The van der Waals surface area contributed by atoms with Crippen LogP contribution in [0.15, 0.2) is 59.4 Å². The van der Waals surface area contributed by atoms with Gasteiger partial charge in [0, 0.05) is 28.7 Å². The molecule has 0 amide bonds.